The number of carbonyl (C=O) groups excluding carboxylic acids is 3. The summed E-state index contributed by atoms with van der Waals surface area (Å²) in [7, 11) is 0. The molecule has 56 heavy (non-hydrogen) atoms. The molecule has 6 heteroatoms. The van der Waals surface area contributed by atoms with Gasteiger partial charge in [0, 0.05) is 19.3 Å². The molecule has 1 unspecified atom stereocenters. The average Bonchev–Trinajstić information content (AvgIpc) is 3.19. The minimum absolute atomic E-state index is 0.0644. The lowest BCUT2D eigenvalue weighted by molar-refractivity contribution is -0.167. The van der Waals surface area contributed by atoms with Gasteiger partial charge in [-0.05, 0) is 25.2 Å². The van der Waals surface area contributed by atoms with Gasteiger partial charge in [-0.25, -0.2) is 0 Å². The number of esters is 3. The van der Waals surface area contributed by atoms with Crippen LogP contribution in [0.3, 0.4) is 0 Å². The Hall–Kier alpha value is -1.59. The second-order valence-electron chi connectivity index (χ2n) is 17.3. The van der Waals surface area contributed by atoms with Gasteiger partial charge in [-0.1, -0.05) is 240 Å². The predicted molar refractivity (Wildman–Crippen MR) is 238 cm³/mol. The molecular weight excluding hydrogens is 697 g/mol. The lowest BCUT2D eigenvalue weighted by atomic mass is 10.00. The van der Waals surface area contributed by atoms with Crippen molar-refractivity contribution >= 4 is 17.9 Å². The number of rotatable bonds is 45. The van der Waals surface area contributed by atoms with Crippen molar-refractivity contribution in [1.29, 1.82) is 0 Å². The molecule has 0 heterocycles. The highest BCUT2D eigenvalue weighted by molar-refractivity contribution is 5.71. The zero-order chi connectivity index (χ0) is 41.0. The van der Waals surface area contributed by atoms with Crippen molar-refractivity contribution in [3.8, 4) is 0 Å². The van der Waals surface area contributed by atoms with E-state index in [2.05, 4.69) is 27.7 Å². The summed E-state index contributed by atoms with van der Waals surface area (Å²) in [6, 6.07) is 0. The summed E-state index contributed by atoms with van der Waals surface area (Å²) in [5, 5.41) is 0. The maximum absolute atomic E-state index is 12.8. The van der Waals surface area contributed by atoms with Crippen LogP contribution in [0.2, 0.25) is 0 Å². The Labute approximate surface area is 348 Å². The van der Waals surface area contributed by atoms with Gasteiger partial charge in [0.1, 0.15) is 13.2 Å². The molecule has 0 aliphatic rings. The van der Waals surface area contributed by atoms with Crippen LogP contribution in [0, 0.1) is 5.92 Å². The molecule has 0 aromatic heterocycles. The van der Waals surface area contributed by atoms with Crippen LogP contribution in [0.25, 0.3) is 0 Å². The fraction of sp³-hybridized carbons (Fsp3) is 0.940. The lowest BCUT2D eigenvalue weighted by Crippen LogP contribution is -2.30. The molecule has 0 spiro atoms. The second kappa shape index (κ2) is 44.5. The quantitative estimate of drug-likeness (QED) is 0.0347. The Morgan fingerprint density at radius 3 is 0.929 bits per heavy atom. The molecule has 2 atom stereocenters. The Bertz CT molecular complexity index is 843. The number of unbranched alkanes of at least 4 members (excludes halogenated alkanes) is 31. The van der Waals surface area contributed by atoms with Gasteiger partial charge in [-0.15, -0.1) is 0 Å². The van der Waals surface area contributed by atoms with E-state index in [1.165, 1.54) is 173 Å². The van der Waals surface area contributed by atoms with Gasteiger partial charge in [0.25, 0.3) is 0 Å². The van der Waals surface area contributed by atoms with Crippen LogP contribution in [0.5, 0.6) is 0 Å². The highest BCUT2D eigenvalue weighted by Gasteiger charge is 2.19. The summed E-state index contributed by atoms with van der Waals surface area (Å²) in [5.74, 6) is -0.0400. The molecule has 0 N–H and O–H groups in total. The first kappa shape index (κ1) is 54.4. The molecule has 0 aliphatic heterocycles. The van der Waals surface area contributed by atoms with Gasteiger partial charge < -0.3 is 14.2 Å². The van der Waals surface area contributed by atoms with Crippen molar-refractivity contribution in [3.05, 3.63) is 0 Å². The van der Waals surface area contributed by atoms with Gasteiger partial charge in [0.2, 0.25) is 0 Å². The topological polar surface area (TPSA) is 78.9 Å². The first-order valence-electron chi connectivity index (χ1n) is 24.9. The molecule has 0 saturated heterocycles. The Morgan fingerprint density at radius 1 is 0.357 bits per heavy atom. The van der Waals surface area contributed by atoms with E-state index in [0.29, 0.717) is 19.3 Å². The van der Waals surface area contributed by atoms with Gasteiger partial charge in [-0.2, -0.15) is 0 Å². The summed E-state index contributed by atoms with van der Waals surface area (Å²) in [5.41, 5.74) is 0. The summed E-state index contributed by atoms with van der Waals surface area (Å²) in [6.45, 7) is 8.97. The molecule has 0 aromatic carbocycles. The van der Waals surface area contributed by atoms with E-state index in [1.807, 2.05) is 0 Å². The second-order valence-corrected chi connectivity index (χ2v) is 17.3. The SMILES string of the molecule is CCCCCCCCCCCCCCCCCCCCCC(=O)O[C@H](COC(=O)CCCCCCCCCCC)COC(=O)CCCCCCCCC(C)CC. The largest absolute Gasteiger partial charge is 0.462 e. The third kappa shape index (κ3) is 42.0. The maximum atomic E-state index is 12.8. The van der Waals surface area contributed by atoms with E-state index in [4.69, 9.17) is 14.2 Å². The number of hydrogen-bond donors (Lipinski definition) is 0. The Morgan fingerprint density at radius 2 is 0.625 bits per heavy atom. The molecule has 0 saturated carbocycles. The normalized spacial score (nSPS) is 12.4. The van der Waals surface area contributed by atoms with Crippen LogP contribution in [-0.4, -0.2) is 37.2 Å². The molecule has 6 nitrogen and oxygen atoms in total. The van der Waals surface area contributed by atoms with Crippen molar-refractivity contribution in [3.63, 3.8) is 0 Å². The number of ether oxygens (including phenoxy) is 3. The molecule has 0 bridgehead atoms. The van der Waals surface area contributed by atoms with Crippen LogP contribution in [0.15, 0.2) is 0 Å². The molecule has 0 radical (unpaired) electrons. The highest BCUT2D eigenvalue weighted by atomic mass is 16.6. The van der Waals surface area contributed by atoms with E-state index in [0.717, 1.165) is 63.7 Å². The fourth-order valence-electron chi connectivity index (χ4n) is 7.48. The first-order chi connectivity index (χ1) is 27.4. The van der Waals surface area contributed by atoms with E-state index in [1.54, 1.807) is 0 Å². The van der Waals surface area contributed by atoms with Crippen molar-refractivity contribution in [1.82, 2.24) is 0 Å². The predicted octanol–water partition coefficient (Wildman–Crippen LogP) is 15.9. The summed E-state index contributed by atoms with van der Waals surface area (Å²) in [6.07, 6.45) is 45.3. The third-order valence-corrected chi connectivity index (χ3v) is 11.7. The van der Waals surface area contributed by atoms with E-state index >= 15 is 0 Å². The van der Waals surface area contributed by atoms with Gasteiger partial charge in [-0.3, -0.25) is 14.4 Å². The van der Waals surface area contributed by atoms with E-state index < -0.39 is 6.10 Å². The molecule has 0 aromatic rings. The molecule has 0 fully saturated rings. The van der Waals surface area contributed by atoms with Crippen LogP contribution in [0.4, 0.5) is 0 Å². The zero-order valence-corrected chi connectivity index (χ0v) is 38.1. The molecular formula is C50H96O6. The smallest absolute Gasteiger partial charge is 0.306 e. The first-order valence-corrected chi connectivity index (χ1v) is 24.9. The average molecular weight is 793 g/mol. The van der Waals surface area contributed by atoms with Crippen molar-refractivity contribution in [2.75, 3.05) is 13.2 Å². The Kier molecular flexibility index (Phi) is 43.2. The van der Waals surface area contributed by atoms with Crippen LogP contribution < -0.4 is 0 Å². The molecule has 0 amide bonds. The van der Waals surface area contributed by atoms with Gasteiger partial charge in [0.05, 0.1) is 0 Å². The van der Waals surface area contributed by atoms with Crippen molar-refractivity contribution < 1.29 is 28.6 Å². The summed E-state index contributed by atoms with van der Waals surface area (Å²) < 4.78 is 16.7. The maximum Gasteiger partial charge on any atom is 0.306 e. The monoisotopic (exact) mass is 793 g/mol. The summed E-state index contributed by atoms with van der Waals surface area (Å²) >= 11 is 0. The van der Waals surface area contributed by atoms with Gasteiger partial charge in [0.15, 0.2) is 6.10 Å². The lowest BCUT2D eigenvalue weighted by Gasteiger charge is -2.18. The highest BCUT2D eigenvalue weighted by Crippen LogP contribution is 2.17. The van der Waals surface area contributed by atoms with E-state index in [-0.39, 0.29) is 31.1 Å². The van der Waals surface area contributed by atoms with Gasteiger partial charge >= 0.3 is 17.9 Å². The molecule has 332 valence electrons. The third-order valence-electron chi connectivity index (χ3n) is 11.7. The fourth-order valence-corrected chi connectivity index (χ4v) is 7.48. The molecule has 0 aliphatic carbocycles. The minimum Gasteiger partial charge on any atom is -0.462 e. The number of hydrogen-bond acceptors (Lipinski definition) is 6. The van der Waals surface area contributed by atoms with Crippen molar-refractivity contribution in [2.45, 2.75) is 284 Å². The summed E-state index contributed by atoms with van der Waals surface area (Å²) in [4.78, 5) is 37.7. The van der Waals surface area contributed by atoms with E-state index in [9.17, 15) is 14.4 Å². The van der Waals surface area contributed by atoms with Crippen molar-refractivity contribution in [2.24, 2.45) is 5.92 Å². The zero-order valence-electron chi connectivity index (χ0n) is 38.1. The number of carbonyl (C=O) groups is 3. The van der Waals surface area contributed by atoms with Crippen LogP contribution in [0.1, 0.15) is 278 Å². The Balaban J connectivity index is 4.22. The molecule has 0 rings (SSSR count). The van der Waals surface area contributed by atoms with Crippen LogP contribution in [-0.2, 0) is 28.6 Å². The minimum atomic E-state index is -0.760. The van der Waals surface area contributed by atoms with Crippen LogP contribution >= 0.6 is 0 Å². The standard InChI is InChI=1S/C50H96O6/c1-5-8-10-12-14-16-17-18-19-20-21-22-23-24-25-27-29-35-39-43-50(53)56-47(44-54-48(51)41-37-33-28-26-15-13-11-9-6-2)45-55-49(52)42-38-34-31-30-32-36-40-46(4)7-3/h46-47H,5-45H2,1-4H3/t46?,47-/m1/s1.